The number of hydrogen-bond donors (Lipinski definition) is 0. The molecule has 5 nitrogen and oxygen atoms in total. The molecule has 0 radical (unpaired) electrons. The molecule has 0 fully saturated rings. The Morgan fingerprint density at radius 3 is 2.50 bits per heavy atom. The Balaban J connectivity index is 1.98. The molecule has 0 aliphatic heterocycles. The van der Waals surface area contributed by atoms with E-state index in [4.69, 9.17) is 21.1 Å². The number of pyridine rings is 1. The number of anilines is 1. The Bertz CT molecular complexity index is 980. The fourth-order valence-corrected chi connectivity index (χ4v) is 2.82. The van der Waals surface area contributed by atoms with Crippen molar-refractivity contribution in [1.29, 1.82) is 0 Å². The molecule has 0 atom stereocenters. The van der Waals surface area contributed by atoms with E-state index < -0.39 is 0 Å². The minimum absolute atomic E-state index is 0.143. The summed E-state index contributed by atoms with van der Waals surface area (Å²) in [6, 6.07) is 16.1. The van der Waals surface area contributed by atoms with Crippen LogP contribution >= 0.6 is 11.6 Å². The van der Waals surface area contributed by atoms with Crippen LogP contribution in [0.5, 0.6) is 17.4 Å². The highest BCUT2D eigenvalue weighted by Crippen LogP contribution is 2.34. The number of carbonyl (C=O) groups is 1. The fourth-order valence-electron chi connectivity index (χ4n) is 2.68. The molecule has 0 aliphatic carbocycles. The normalized spacial score (nSPS) is 10.4. The van der Waals surface area contributed by atoms with Gasteiger partial charge in [-0.05, 0) is 42.5 Å². The highest BCUT2D eigenvalue weighted by Gasteiger charge is 2.20. The molecule has 0 aliphatic rings. The van der Waals surface area contributed by atoms with Crippen molar-refractivity contribution in [1.82, 2.24) is 4.98 Å². The number of aromatic nitrogens is 1. The van der Waals surface area contributed by atoms with Crippen LogP contribution < -0.4 is 14.4 Å². The maximum absolute atomic E-state index is 13.2. The lowest BCUT2D eigenvalue weighted by Gasteiger charge is -2.24. The molecule has 7 heteroatoms. The molecule has 3 rings (SSSR count). The fraction of sp³-hybridized carbons (Fsp3) is 0.143. The van der Waals surface area contributed by atoms with E-state index in [1.165, 1.54) is 36.1 Å². The molecular formula is C21H18ClFN2O3. The van der Waals surface area contributed by atoms with Crippen LogP contribution in [0.2, 0.25) is 5.15 Å². The van der Waals surface area contributed by atoms with Gasteiger partial charge in [0, 0.05) is 12.5 Å². The molecule has 144 valence electrons. The van der Waals surface area contributed by atoms with Gasteiger partial charge in [0.1, 0.15) is 28.2 Å². The van der Waals surface area contributed by atoms with Crippen LogP contribution in [-0.4, -0.2) is 18.0 Å². The predicted molar refractivity (Wildman–Crippen MR) is 106 cm³/mol. The van der Waals surface area contributed by atoms with E-state index >= 15 is 0 Å². The first-order valence-corrected chi connectivity index (χ1v) is 8.85. The highest BCUT2D eigenvalue weighted by molar-refractivity contribution is 6.29. The zero-order valence-electron chi connectivity index (χ0n) is 15.4. The first-order valence-electron chi connectivity index (χ1n) is 8.48. The van der Waals surface area contributed by atoms with Crippen molar-refractivity contribution in [3.8, 4) is 17.4 Å². The first kappa shape index (κ1) is 19.6. The number of ether oxygens (including phenoxy) is 2. The van der Waals surface area contributed by atoms with Crippen LogP contribution in [-0.2, 0) is 11.3 Å². The van der Waals surface area contributed by atoms with Crippen molar-refractivity contribution in [2.45, 2.75) is 13.5 Å². The smallest absolute Gasteiger partial charge is 0.244 e. The van der Waals surface area contributed by atoms with Crippen molar-refractivity contribution in [3.05, 3.63) is 77.2 Å². The summed E-state index contributed by atoms with van der Waals surface area (Å²) < 4.78 is 24.3. The Labute approximate surface area is 167 Å². The van der Waals surface area contributed by atoms with Crippen molar-refractivity contribution in [2.24, 2.45) is 0 Å². The SMILES string of the molecule is COc1ccccc1CN(C(C)=O)c1ccc(Cl)nc1Oc1ccc(F)cc1. The van der Waals surface area contributed by atoms with E-state index in [1.54, 1.807) is 19.2 Å². The van der Waals surface area contributed by atoms with Crippen LogP contribution in [0, 0.1) is 5.82 Å². The van der Waals surface area contributed by atoms with E-state index in [-0.39, 0.29) is 29.3 Å². The number of halogens is 2. The zero-order valence-corrected chi connectivity index (χ0v) is 16.1. The number of amides is 1. The molecule has 0 bridgehead atoms. The molecule has 3 aromatic rings. The molecular weight excluding hydrogens is 383 g/mol. The number of nitrogens with zero attached hydrogens (tertiary/aromatic N) is 2. The summed E-state index contributed by atoms with van der Waals surface area (Å²) in [6.07, 6.45) is 0. The molecule has 1 amide bonds. The molecule has 0 saturated heterocycles. The van der Waals surface area contributed by atoms with Gasteiger partial charge in [0.15, 0.2) is 0 Å². The van der Waals surface area contributed by atoms with Gasteiger partial charge in [-0.15, -0.1) is 0 Å². The van der Waals surface area contributed by atoms with Crippen molar-refractivity contribution >= 4 is 23.2 Å². The number of carbonyl (C=O) groups excluding carboxylic acids is 1. The van der Waals surface area contributed by atoms with E-state index in [2.05, 4.69) is 4.98 Å². The molecule has 2 aromatic carbocycles. The molecule has 0 spiro atoms. The Kier molecular flexibility index (Phi) is 6.11. The van der Waals surface area contributed by atoms with Crippen LogP contribution in [0.15, 0.2) is 60.7 Å². The van der Waals surface area contributed by atoms with Gasteiger partial charge in [0.25, 0.3) is 0 Å². The quantitative estimate of drug-likeness (QED) is 0.532. The second-order valence-electron chi connectivity index (χ2n) is 5.93. The van der Waals surface area contributed by atoms with Gasteiger partial charge in [-0.1, -0.05) is 29.8 Å². The summed E-state index contributed by atoms with van der Waals surface area (Å²) in [5, 5.41) is 0.210. The van der Waals surface area contributed by atoms with E-state index in [0.717, 1.165) is 5.56 Å². The summed E-state index contributed by atoms with van der Waals surface area (Å²) >= 11 is 6.03. The molecule has 1 heterocycles. The topological polar surface area (TPSA) is 51.7 Å². The standard InChI is InChI=1S/C21H18ClFN2O3/c1-14(26)25(13-15-5-3-4-6-19(15)27-2)18-11-12-20(22)24-21(18)28-17-9-7-16(23)8-10-17/h3-12H,13H2,1-2H3. The number of hydrogen-bond acceptors (Lipinski definition) is 4. The molecule has 0 N–H and O–H groups in total. The average Bonchev–Trinajstić information content (AvgIpc) is 2.68. The summed E-state index contributed by atoms with van der Waals surface area (Å²) in [7, 11) is 1.57. The first-order chi connectivity index (χ1) is 13.5. The molecule has 0 saturated carbocycles. The lowest BCUT2D eigenvalue weighted by Crippen LogP contribution is -2.28. The lowest BCUT2D eigenvalue weighted by atomic mass is 10.1. The Morgan fingerprint density at radius 1 is 1.11 bits per heavy atom. The van der Waals surface area contributed by atoms with E-state index in [0.29, 0.717) is 17.2 Å². The van der Waals surface area contributed by atoms with Gasteiger partial charge in [-0.2, -0.15) is 4.98 Å². The number of benzene rings is 2. The van der Waals surface area contributed by atoms with Gasteiger partial charge in [0.2, 0.25) is 11.8 Å². The molecule has 1 aromatic heterocycles. The second-order valence-corrected chi connectivity index (χ2v) is 6.32. The summed E-state index contributed by atoms with van der Waals surface area (Å²) in [4.78, 5) is 18.1. The van der Waals surface area contributed by atoms with E-state index in [1.807, 2.05) is 24.3 Å². The largest absolute Gasteiger partial charge is 0.496 e. The maximum Gasteiger partial charge on any atom is 0.244 e. The number of para-hydroxylation sites is 1. The monoisotopic (exact) mass is 400 g/mol. The predicted octanol–water partition coefficient (Wildman–Crippen LogP) is 5.23. The van der Waals surface area contributed by atoms with Crippen LogP contribution in [0.25, 0.3) is 0 Å². The van der Waals surface area contributed by atoms with Crippen molar-refractivity contribution < 1.29 is 18.7 Å². The highest BCUT2D eigenvalue weighted by atomic mass is 35.5. The summed E-state index contributed by atoms with van der Waals surface area (Å²) in [6.45, 7) is 1.70. The van der Waals surface area contributed by atoms with Crippen LogP contribution in [0.3, 0.4) is 0 Å². The summed E-state index contributed by atoms with van der Waals surface area (Å²) in [5.74, 6) is 0.589. The third-order valence-electron chi connectivity index (χ3n) is 4.03. The minimum Gasteiger partial charge on any atom is -0.496 e. The molecule has 0 unspecified atom stereocenters. The molecule has 28 heavy (non-hydrogen) atoms. The van der Waals surface area contributed by atoms with Crippen LogP contribution in [0.1, 0.15) is 12.5 Å². The van der Waals surface area contributed by atoms with Crippen molar-refractivity contribution in [2.75, 3.05) is 12.0 Å². The van der Waals surface area contributed by atoms with Crippen molar-refractivity contribution in [3.63, 3.8) is 0 Å². The van der Waals surface area contributed by atoms with Gasteiger partial charge in [-0.3, -0.25) is 4.79 Å². The number of methoxy groups -OCH3 is 1. The lowest BCUT2D eigenvalue weighted by molar-refractivity contribution is -0.116. The number of rotatable bonds is 6. The Hall–Kier alpha value is -3.12. The second kappa shape index (κ2) is 8.71. The third kappa shape index (κ3) is 4.58. The zero-order chi connectivity index (χ0) is 20.1. The minimum atomic E-state index is -0.381. The average molecular weight is 401 g/mol. The van der Waals surface area contributed by atoms with Gasteiger partial charge in [-0.25, -0.2) is 4.39 Å². The Morgan fingerprint density at radius 2 is 1.82 bits per heavy atom. The summed E-state index contributed by atoms with van der Waals surface area (Å²) in [5.41, 5.74) is 1.26. The van der Waals surface area contributed by atoms with Gasteiger partial charge >= 0.3 is 0 Å². The van der Waals surface area contributed by atoms with Gasteiger partial charge < -0.3 is 14.4 Å². The third-order valence-corrected chi connectivity index (χ3v) is 4.24. The maximum atomic E-state index is 13.2. The van der Waals surface area contributed by atoms with Crippen LogP contribution in [0.4, 0.5) is 10.1 Å². The van der Waals surface area contributed by atoms with E-state index in [9.17, 15) is 9.18 Å². The van der Waals surface area contributed by atoms with Gasteiger partial charge in [0.05, 0.1) is 13.7 Å².